The first-order chi connectivity index (χ1) is 10.1. The van der Waals surface area contributed by atoms with Crippen molar-refractivity contribution in [3.63, 3.8) is 0 Å². The zero-order valence-corrected chi connectivity index (χ0v) is 13.1. The number of thiophene rings is 1. The maximum Gasteiger partial charge on any atom is 0.233 e. The molecule has 21 heavy (non-hydrogen) atoms. The Morgan fingerprint density at radius 3 is 2.86 bits per heavy atom. The molecule has 0 bridgehead atoms. The minimum Gasteiger partial charge on any atom is -0.355 e. The van der Waals surface area contributed by atoms with E-state index in [1.54, 1.807) is 18.3 Å². The Balaban J connectivity index is 1.81. The number of thioether (sulfide) groups is 1. The van der Waals surface area contributed by atoms with E-state index in [-0.39, 0.29) is 10.8 Å². The molecule has 2 rings (SSSR count). The van der Waals surface area contributed by atoms with Crippen molar-refractivity contribution in [2.24, 2.45) is 0 Å². The van der Waals surface area contributed by atoms with E-state index < -0.39 is 16.9 Å². The predicted octanol–water partition coefficient (Wildman–Crippen LogP) is 3.87. The van der Waals surface area contributed by atoms with Crippen LogP contribution in [0.1, 0.15) is 11.8 Å². The normalized spacial score (nSPS) is 12.1. The lowest BCUT2D eigenvalue weighted by atomic mass is 10.3. The largest absolute Gasteiger partial charge is 0.355 e. The smallest absolute Gasteiger partial charge is 0.233 e. The fourth-order valence-corrected chi connectivity index (χ4v) is 3.32. The molecule has 1 heterocycles. The Morgan fingerprint density at radius 2 is 2.19 bits per heavy atom. The van der Waals surface area contributed by atoms with Crippen LogP contribution in [0.2, 0.25) is 0 Å². The van der Waals surface area contributed by atoms with Gasteiger partial charge in [0.05, 0.1) is 5.25 Å². The van der Waals surface area contributed by atoms with Crippen LogP contribution in [0.25, 0.3) is 0 Å². The van der Waals surface area contributed by atoms with Crippen molar-refractivity contribution in [1.82, 2.24) is 5.32 Å². The summed E-state index contributed by atoms with van der Waals surface area (Å²) in [5.74, 6) is -1.41. The molecule has 1 N–H and O–H groups in total. The minimum absolute atomic E-state index is 0.153. The highest BCUT2D eigenvalue weighted by atomic mass is 32.2. The standard InChI is InChI=1S/C15H15F2NOS2/c1-10(21-14-5-4-11(16)9-13(14)17)15(19)18-7-6-12-3-2-8-20-12/h2-5,8-10H,6-7H2,1H3,(H,18,19)/t10-/m1/s1. The van der Waals surface area contributed by atoms with Crippen molar-refractivity contribution in [1.29, 1.82) is 0 Å². The summed E-state index contributed by atoms with van der Waals surface area (Å²) in [4.78, 5) is 13.4. The number of benzene rings is 1. The summed E-state index contributed by atoms with van der Waals surface area (Å²) >= 11 is 2.73. The first kappa shape index (κ1) is 16.0. The van der Waals surface area contributed by atoms with Gasteiger partial charge in [-0.25, -0.2) is 8.78 Å². The molecule has 6 heteroatoms. The zero-order chi connectivity index (χ0) is 15.2. The molecule has 1 aromatic carbocycles. The number of hydrogen-bond acceptors (Lipinski definition) is 3. The van der Waals surface area contributed by atoms with Gasteiger partial charge in [0.25, 0.3) is 0 Å². The maximum atomic E-state index is 13.5. The molecule has 1 amide bonds. The maximum absolute atomic E-state index is 13.5. The van der Waals surface area contributed by atoms with Gasteiger partial charge in [-0.3, -0.25) is 4.79 Å². The van der Waals surface area contributed by atoms with Gasteiger partial charge in [-0.2, -0.15) is 0 Å². The third-order valence-electron chi connectivity index (χ3n) is 2.82. The van der Waals surface area contributed by atoms with Gasteiger partial charge in [-0.05, 0) is 36.9 Å². The van der Waals surface area contributed by atoms with Gasteiger partial charge in [0, 0.05) is 22.4 Å². The van der Waals surface area contributed by atoms with Crippen LogP contribution in [0.15, 0.2) is 40.6 Å². The van der Waals surface area contributed by atoms with Crippen molar-refractivity contribution in [2.75, 3.05) is 6.54 Å². The van der Waals surface area contributed by atoms with Crippen LogP contribution in [0.4, 0.5) is 8.78 Å². The highest BCUT2D eigenvalue weighted by molar-refractivity contribution is 8.00. The van der Waals surface area contributed by atoms with E-state index in [9.17, 15) is 13.6 Å². The SMILES string of the molecule is C[C@@H](Sc1ccc(F)cc1F)C(=O)NCCc1cccs1. The Bertz CT molecular complexity index is 602. The van der Waals surface area contributed by atoms with Crippen LogP contribution in [0.3, 0.4) is 0 Å². The van der Waals surface area contributed by atoms with Gasteiger partial charge >= 0.3 is 0 Å². The zero-order valence-electron chi connectivity index (χ0n) is 11.4. The van der Waals surface area contributed by atoms with Crippen LogP contribution >= 0.6 is 23.1 Å². The molecule has 0 aliphatic carbocycles. The Kier molecular flexibility index (Phi) is 5.76. The quantitative estimate of drug-likeness (QED) is 0.816. The summed E-state index contributed by atoms with van der Waals surface area (Å²) in [7, 11) is 0. The van der Waals surface area contributed by atoms with E-state index in [4.69, 9.17) is 0 Å². The summed E-state index contributed by atoms with van der Waals surface area (Å²) in [6, 6.07) is 7.35. The van der Waals surface area contributed by atoms with Gasteiger partial charge in [0.1, 0.15) is 11.6 Å². The molecule has 2 aromatic rings. The van der Waals surface area contributed by atoms with E-state index in [0.717, 1.165) is 24.2 Å². The molecule has 1 atom stereocenters. The van der Waals surface area contributed by atoms with E-state index in [1.165, 1.54) is 17.0 Å². The van der Waals surface area contributed by atoms with Gasteiger partial charge < -0.3 is 5.32 Å². The summed E-state index contributed by atoms with van der Waals surface area (Å²) in [5, 5.41) is 4.38. The lowest BCUT2D eigenvalue weighted by Crippen LogP contribution is -2.32. The molecule has 0 saturated heterocycles. The number of rotatable bonds is 6. The van der Waals surface area contributed by atoms with E-state index in [1.807, 2.05) is 17.5 Å². The minimum atomic E-state index is -0.641. The molecule has 0 unspecified atom stereocenters. The number of halogens is 2. The molecule has 0 spiro atoms. The number of carbonyl (C=O) groups excluding carboxylic acids is 1. The molecule has 2 nitrogen and oxygen atoms in total. The van der Waals surface area contributed by atoms with Crippen molar-refractivity contribution in [3.05, 3.63) is 52.2 Å². The number of carbonyl (C=O) groups is 1. The summed E-state index contributed by atoms with van der Waals surface area (Å²) in [5.41, 5.74) is 0. The molecule has 112 valence electrons. The second-order valence-corrected chi connectivity index (χ2v) is 6.87. The molecule has 0 saturated carbocycles. The van der Waals surface area contributed by atoms with Crippen LogP contribution in [-0.2, 0) is 11.2 Å². The molecule has 0 aliphatic rings. The Morgan fingerprint density at radius 1 is 1.38 bits per heavy atom. The average Bonchev–Trinajstić information content (AvgIpc) is 2.95. The van der Waals surface area contributed by atoms with Crippen LogP contribution in [0.5, 0.6) is 0 Å². The van der Waals surface area contributed by atoms with Crippen LogP contribution in [-0.4, -0.2) is 17.7 Å². The van der Waals surface area contributed by atoms with E-state index in [0.29, 0.717) is 6.54 Å². The third kappa shape index (κ3) is 4.82. The van der Waals surface area contributed by atoms with Crippen molar-refractivity contribution < 1.29 is 13.6 Å². The highest BCUT2D eigenvalue weighted by Crippen LogP contribution is 2.26. The van der Waals surface area contributed by atoms with E-state index in [2.05, 4.69) is 5.32 Å². The lowest BCUT2D eigenvalue weighted by molar-refractivity contribution is -0.120. The lowest BCUT2D eigenvalue weighted by Gasteiger charge is -2.12. The average molecular weight is 327 g/mol. The summed E-state index contributed by atoms with van der Waals surface area (Å²) < 4.78 is 26.3. The fourth-order valence-electron chi connectivity index (χ4n) is 1.72. The first-order valence-electron chi connectivity index (χ1n) is 6.48. The van der Waals surface area contributed by atoms with E-state index >= 15 is 0 Å². The number of nitrogens with one attached hydrogen (secondary N) is 1. The summed E-state index contributed by atoms with van der Waals surface area (Å²) in [6.45, 7) is 2.25. The monoisotopic (exact) mass is 327 g/mol. The molecule has 0 fully saturated rings. The Hall–Kier alpha value is -1.40. The first-order valence-corrected chi connectivity index (χ1v) is 8.24. The van der Waals surface area contributed by atoms with Crippen molar-refractivity contribution in [2.45, 2.75) is 23.5 Å². The predicted molar refractivity (Wildman–Crippen MR) is 82.7 cm³/mol. The highest BCUT2D eigenvalue weighted by Gasteiger charge is 2.16. The summed E-state index contributed by atoms with van der Waals surface area (Å²) in [6.07, 6.45) is 0.783. The van der Waals surface area contributed by atoms with Crippen LogP contribution < -0.4 is 5.32 Å². The van der Waals surface area contributed by atoms with Gasteiger partial charge in [-0.1, -0.05) is 6.07 Å². The molecule has 0 aliphatic heterocycles. The van der Waals surface area contributed by atoms with Crippen molar-refractivity contribution in [3.8, 4) is 0 Å². The van der Waals surface area contributed by atoms with Gasteiger partial charge in [0.2, 0.25) is 5.91 Å². The fraction of sp³-hybridized carbons (Fsp3) is 0.267. The van der Waals surface area contributed by atoms with Gasteiger partial charge in [0.15, 0.2) is 0 Å². The molecular weight excluding hydrogens is 312 g/mol. The second kappa shape index (κ2) is 7.56. The molecule has 0 radical (unpaired) electrons. The van der Waals surface area contributed by atoms with Gasteiger partial charge in [-0.15, -0.1) is 23.1 Å². The number of hydrogen-bond donors (Lipinski definition) is 1. The molecule has 1 aromatic heterocycles. The van der Waals surface area contributed by atoms with Crippen LogP contribution in [0, 0.1) is 11.6 Å². The Labute approximate surface area is 130 Å². The molecular formula is C15H15F2NOS2. The second-order valence-electron chi connectivity index (χ2n) is 4.46. The third-order valence-corrected chi connectivity index (χ3v) is 4.91. The van der Waals surface area contributed by atoms with Crippen molar-refractivity contribution >= 4 is 29.0 Å². The number of amides is 1. The topological polar surface area (TPSA) is 29.1 Å².